The Morgan fingerprint density at radius 1 is 1.36 bits per heavy atom. The van der Waals surface area contributed by atoms with E-state index < -0.39 is 0 Å². The molecule has 7 nitrogen and oxygen atoms in total. The van der Waals surface area contributed by atoms with Crippen LogP contribution in [0.3, 0.4) is 0 Å². The van der Waals surface area contributed by atoms with Crippen molar-refractivity contribution in [3.63, 3.8) is 0 Å². The number of methoxy groups -OCH3 is 2. The fourth-order valence-corrected chi connectivity index (χ4v) is 3.35. The van der Waals surface area contributed by atoms with E-state index in [1.54, 1.807) is 14.2 Å². The van der Waals surface area contributed by atoms with Gasteiger partial charge in [-0.1, -0.05) is 12.1 Å². The smallest absolute Gasteiger partial charge is 0.227 e. The summed E-state index contributed by atoms with van der Waals surface area (Å²) in [5.41, 5.74) is 0.949. The molecule has 2 heterocycles. The van der Waals surface area contributed by atoms with Crippen molar-refractivity contribution >= 4 is 5.91 Å². The number of carbonyl (C=O) groups excluding carboxylic acids is 1. The number of benzene rings is 1. The number of aromatic nitrogens is 3. The van der Waals surface area contributed by atoms with Gasteiger partial charge in [-0.15, -0.1) is 0 Å². The summed E-state index contributed by atoms with van der Waals surface area (Å²) in [6.45, 7) is 3.74. The zero-order chi connectivity index (χ0) is 17.8. The molecule has 1 amide bonds. The second-order valence-electron chi connectivity index (χ2n) is 6.43. The summed E-state index contributed by atoms with van der Waals surface area (Å²) in [6.07, 6.45) is 0.358. The monoisotopic (exact) mass is 344 g/mol. The molecule has 25 heavy (non-hydrogen) atoms. The van der Waals surface area contributed by atoms with Crippen LogP contribution in [0, 0.1) is 12.8 Å². The minimum absolute atomic E-state index is 0.0964. The van der Waals surface area contributed by atoms with Gasteiger partial charge in [-0.05, 0) is 24.6 Å². The molecule has 1 saturated heterocycles. The summed E-state index contributed by atoms with van der Waals surface area (Å²) < 4.78 is 10.6. The number of H-pyrrole nitrogens is 1. The maximum atomic E-state index is 12.7. The van der Waals surface area contributed by atoms with E-state index in [0.717, 1.165) is 23.0 Å². The van der Waals surface area contributed by atoms with Gasteiger partial charge in [-0.3, -0.25) is 9.89 Å². The normalized spacial score (nSPS) is 20.0. The molecule has 0 spiro atoms. The zero-order valence-corrected chi connectivity index (χ0v) is 14.9. The minimum Gasteiger partial charge on any atom is -0.497 e. The maximum Gasteiger partial charge on any atom is 0.227 e. The van der Waals surface area contributed by atoms with Crippen molar-refractivity contribution in [2.24, 2.45) is 5.92 Å². The number of nitrogens with zero attached hydrogens (tertiary/aromatic N) is 3. The van der Waals surface area contributed by atoms with Crippen molar-refractivity contribution in [2.75, 3.05) is 33.9 Å². The predicted octanol–water partition coefficient (Wildman–Crippen LogP) is 1.55. The van der Waals surface area contributed by atoms with E-state index in [9.17, 15) is 4.79 Å². The molecule has 1 aromatic carbocycles. The summed E-state index contributed by atoms with van der Waals surface area (Å²) in [5.74, 6) is 2.71. The van der Waals surface area contributed by atoms with Crippen LogP contribution in [0.2, 0.25) is 0 Å². The highest BCUT2D eigenvalue weighted by Gasteiger charge is 2.38. The lowest BCUT2D eigenvalue weighted by Crippen LogP contribution is -2.30. The molecule has 3 rings (SSSR count). The minimum atomic E-state index is 0.0964. The van der Waals surface area contributed by atoms with Gasteiger partial charge in [0.15, 0.2) is 5.82 Å². The molecule has 2 unspecified atom stereocenters. The van der Waals surface area contributed by atoms with Gasteiger partial charge in [0.05, 0.1) is 20.1 Å². The SMILES string of the molecule is COCC1CN(C(=O)Cc2cccc(OC)c2)CC1c1n[nH]c(C)n1. The largest absolute Gasteiger partial charge is 0.497 e. The average Bonchev–Trinajstić information content (AvgIpc) is 3.21. The van der Waals surface area contributed by atoms with Crippen LogP contribution < -0.4 is 4.74 Å². The Labute approximate surface area is 147 Å². The van der Waals surface area contributed by atoms with Crippen LogP contribution in [0.15, 0.2) is 24.3 Å². The van der Waals surface area contributed by atoms with Crippen LogP contribution in [-0.4, -0.2) is 59.9 Å². The number of nitrogens with one attached hydrogen (secondary N) is 1. The molecule has 2 atom stereocenters. The van der Waals surface area contributed by atoms with Crippen molar-refractivity contribution in [1.82, 2.24) is 20.1 Å². The van der Waals surface area contributed by atoms with Crippen molar-refractivity contribution in [1.29, 1.82) is 0 Å². The van der Waals surface area contributed by atoms with Gasteiger partial charge in [0.25, 0.3) is 0 Å². The molecular formula is C18H24N4O3. The van der Waals surface area contributed by atoms with E-state index in [1.807, 2.05) is 36.1 Å². The predicted molar refractivity (Wildman–Crippen MR) is 92.5 cm³/mol. The second kappa shape index (κ2) is 7.65. The highest BCUT2D eigenvalue weighted by atomic mass is 16.5. The summed E-state index contributed by atoms with van der Waals surface area (Å²) in [7, 11) is 3.31. The molecule has 0 aliphatic carbocycles. The fourth-order valence-electron chi connectivity index (χ4n) is 3.35. The Kier molecular flexibility index (Phi) is 5.33. The van der Waals surface area contributed by atoms with Gasteiger partial charge in [-0.2, -0.15) is 5.10 Å². The molecule has 1 N–H and O–H groups in total. The van der Waals surface area contributed by atoms with E-state index in [2.05, 4.69) is 15.2 Å². The Morgan fingerprint density at radius 2 is 2.20 bits per heavy atom. The summed E-state index contributed by atoms with van der Waals surface area (Å²) in [5, 5.41) is 7.17. The van der Waals surface area contributed by atoms with Crippen LogP contribution in [0.25, 0.3) is 0 Å². The maximum absolute atomic E-state index is 12.7. The number of hydrogen-bond donors (Lipinski definition) is 1. The number of aromatic amines is 1. The molecule has 2 aromatic rings. The standard InChI is InChI=1S/C18H24N4O3/c1-12-19-18(21-20-12)16-10-22(9-14(16)11-24-2)17(23)8-13-5-4-6-15(7-13)25-3/h4-7,14,16H,8-11H2,1-3H3,(H,19,20,21). The highest BCUT2D eigenvalue weighted by Crippen LogP contribution is 2.31. The Bertz CT molecular complexity index is 731. The summed E-state index contributed by atoms with van der Waals surface area (Å²) >= 11 is 0. The van der Waals surface area contributed by atoms with Gasteiger partial charge >= 0.3 is 0 Å². The molecule has 0 bridgehead atoms. The number of likely N-dealkylation sites (tertiary alicyclic amines) is 1. The van der Waals surface area contributed by atoms with Crippen LogP contribution >= 0.6 is 0 Å². The number of hydrogen-bond acceptors (Lipinski definition) is 5. The van der Waals surface area contributed by atoms with Crippen molar-refractivity contribution in [2.45, 2.75) is 19.3 Å². The Hall–Kier alpha value is -2.41. The number of rotatable bonds is 6. The van der Waals surface area contributed by atoms with Crippen LogP contribution in [0.4, 0.5) is 0 Å². The molecular weight excluding hydrogens is 320 g/mol. The molecule has 0 radical (unpaired) electrons. The van der Waals surface area contributed by atoms with Crippen LogP contribution in [0.1, 0.15) is 23.1 Å². The Balaban J connectivity index is 1.70. The number of carbonyl (C=O) groups is 1. The first-order valence-corrected chi connectivity index (χ1v) is 8.39. The first-order valence-electron chi connectivity index (χ1n) is 8.39. The molecule has 1 fully saturated rings. The van der Waals surface area contributed by atoms with Crippen LogP contribution in [-0.2, 0) is 16.0 Å². The van der Waals surface area contributed by atoms with E-state index in [-0.39, 0.29) is 17.7 Å². The molecule has 1 aliphatic rings. The average molecular weight is 344 g/mol. The van der Waals surface area contributed by atoms with E-state index in [1.165, 1.54) is 0 Å². The molecule has 1 aliphatic heterocycles. The van der Waals surface area contributed by atoms with Crippen molar-refractivity contribution < 1.29 is 14.3 Å². The van der Waals surface area contributed by atoms with Gasteiger partial charge < -0.3 is 14.4 Å². The molecule has 0 saturated carbocycles. The van der Waals surface area contributed by atoms with Gasteiger partial charge in [0.2, 0.25) is 5.91 Å². The zero-order valence-electron chi connectivity index (χ0n) is 14.9. The summed E-state index contributed by atoms with van der Waals surface area (Å²) in [4.78, 5) is 19.1. The molecule has 7 heteroatoms. The fraction of sp³-hybridized carbons (Fsp3) is 0.500. The first-order chi connectivity index (χ1) is 12.1. The number of amides is 1. The first kappa shape index (κ1) is 17.4. The van der Waals surface area contributed by atoms with Crippen molar-refractivity contribution in [3.8, 4) is 5.75 Å². The van der Waals surface area contributed by atoms with Gasteiger partial charge in [0, 0.05) is 32.0 Å². The third-order valence-electron chi connectivity index (χ3n) is 4.61. The third kappa shape index (κ3) is 3.99. The van der Waals surface area contributed by atoms with Crippen LogP contribution in [0.5, 0.6) is 5.75 Å². The lowest BCUT2D eigenvalue weighted by molar-refractivity contribution is -0.129. The summed E-state index contributed by atoms with van der Waals surface area (Å²) in [6, 6.07) is 7.62. The Morgan fingerprint density at radius 3 is 2.88 bits per heavy atom. The lowest BCUT2D eigenvalue weighted by Gasteiger charge is -2.16. The van der Waals surface area contributed by atoms with Gasteiger partial charge in [0.1, 0.15) is 11.6 Å². The van der Waals surface area contributed by atoms with E-state index >= 15 is 0 Å². The number of ether oxygens (including phenoxy) is 2. The second-order valence-corrected chi connectivity index (χ2v) is 6.43. The molecule has 134 valence electrons. The molecule has 1 aromatic heterocycles. The topological polar surface area (TPSA) is 80.3 Å². The quantitative estimate of drug-likeness (QED) is 0.860. The third-order valence-corrected chi connectivity index (χ3v) is 4.61. The highest BCUT2D eigenvalue weighted by molar-refractivity contribution is 5.79. The van der Waals surface area contributed by atoms with Gasteiger partial charge in [-0.25, -0.2) is 4.98 Å². The van der Waals surface area contributed by atoms with E-state index in [4.69, 9.17) is 9.47 Å². The van der Waals surface area contributed by atoms with Crippen molar-refractivity contribution in [3.05, 3.63) is 41.5 Å². The lowest BCUT2D eigenvalue weighted by atomic mass is 9.96. The van der Waals surface area contributed by atoms with E-state index in [0.29, 0.717) is 26.1 Å². The number of aryl methyl sites for hydroxylation is 1.